The molecule has 1 aromatic heterocycles. The van der Waals surface area contributed by atoms with Gasteiger partial charge < -0.3 is 5.32 Å². The molecule has 0 aliphatic heterocycles. The summed E-state index contributed by atoms with van der Waals surface area (Å²) in [6.07, 6.45) is 0.418. The van der Waals surface area contributed by atoms with Gasteiger partial charge in [-0.25, -0.2) is 4.79 Å². The third-order valence-corrected chi connectivity index (χ3v) is 6.17. The van der Waals surface area contributed by atoms with Crippen LogP contribution in [0.1, 0.15) is 13.3 Å². The van der Waals surface area contributed by atoms with Crippen molar-refractivity contribution >= 4 is 44.8 Å². The molecule has 1 N–H and O–H groups in total. The van der Waals surface area contributed by atoms with E-state index in [4.69, 9.17) is 11.6 Å². The molecule has 0 aliphatic carbocycles. The fourth-order valence-corrected chi connectivity index (χ4v) is 4.53. The van der Waals surface area contributed by atoms with E-state index in [0.717, 1.165) is 15.1 Å². The second kappa shape index (κ2) is 7.96. The summed E-state index contributed by atoms with van der Waals surface area (Å²) in [6.45, 7) is 1.79. The highest BCUT2D eigenvalue weighted by molar-refractivity contribution is 8.76. The van der Waals surface area contributed by atoms with Crippen molar-refractivity contribution in [2.45, 2.75) is 23.3 Å². The number of halogens is 1. The van der Waals surface area contributed by atoms with Crippen molar-refractivity contribution < 1.29 is 4.79 Å². The number of rotatable bonds is 5. The Morgan fingerprint density at radius 2 is 1.75 bits per heavy atom. The average Bonchev–Trinajstić information content (AvgIpc) is 2.59. The summed E-state index contributed by atoms with van der Waals surface area (Å²) < 4.78 is 2.32. The lowest BCUT2D eigenvalue weighted by Gasteiger charge is -2.10. The minimum atomic E-state index is -0.513. The fourth-order valence-electron chi connectivity index (χ4n) is 1.81. The normalized spacial score (nSPS) is 10.7. The molecule has 9 heteroatoms. The van der Waals surface area contributed by atoms with E-state index in [1.807, 2.05) is 12.1 Å². The van der Waals surface area contributed by atoms with Crippen molar-refractivity contribution in [3.8, 4) is 0 Å². The molecule has 0 bridgehead atoms. The van der Waals surface area contributed by atoms with Crippen LogP contribution in [0.2, 0.25) is 5.02 Å². The molecule has 0 saturated heterocycles. The van der Waals surface area contributed by atoms with Gasteiger partial charge in [0.1, 0.15) is 10.0 Å². The Kier molecular flexibility index (Phi) is 6.20. The summed E-state index contributed by atoms with van der Waals surface area (Å²) in [6, 6.07) is 7.27. The van der Waals surface area contributed by atoms with Crippen LogP contribution < -0.4 is 16.6 Å². The number of nitrogens with zero attached hydrogens (tertiary/aromatic N) is 2. The Bertz CT molecular complexity index is 838. The number of benzene rings is 1. The van der Waals surface area contributed by atoms with E-state index >= 15 is 0 Å². The highest BCUT2D eigenvalue weighted by atomic mass is 35.5. The second-order valence-electron chi connectivity index (χ2n) is 4.92. The minimum Gasteiger partial charge on any atom is -0.326 e. The fraction of sp³-hybridized carbons (Fsp3) is 0.267. The number of hydrogen-bond acceptors (Lipinski definition) is 5. The Morgan fingerprint density at radius 3 is 2.33 bits per heavy atom. The van der Waals surface area contributed by atoms with E-state index in [0.29, 0.717) is 11.4 Å². The van der Waals surface area contributed by atoms with E-state index in [2.05, 4.69) is 5.32 Å². The molecule has 0 fully saturated rings. The SMILES string of the molecule is CCC(=O)Nc1ccc(SSc2c(Cl)c(=O)n(C)c(=O)n2C)cc1. The van der Waals surface area contributed by atoms with Crippen molar-refractivity contribution in [1.82, 2.24) is 9.13 Å². The lowest BCUT2D eigenvalue weighted by molar-refractivity contribution is -0.115. The van der Waals surface area contributed by atoms with Gasteiger partial charge in [0, 0.05) is 31.1 Å². The molecule has 0 spiro atoms. The topological polar surface area (TPSA) is 73.1 Å². The van der Waals surface area contributed by atoms with E-state index in [1.54, 1.807) is 26.1 Å². The molecule has 0 unspecified atom stereocenters. The van der Waals surface area contributed by atoms with Crippen LogP contribution in [0.15, 0.2) is 43.8 Å². The third-order valence-electron chi connectivity index (χ3n) is 3.23. The smallest absolute Gasteiger partial charge is 0.326 e. The maximum absolute atomic E-state index is 12.0. The molecular formula is C15H16ClN3O3S2. The van der Waals surface area contributed by atoms with Gasteiger partial charge in [0.25, 0.3) is 5.56 Å². The summed E-state index contributed by atoms with van der Waals surface area (Å²) in [7, 11) is 5.56. The number of carbonyl (C=O) groups is 1. The molecule has 24 heavy (non-hydrogen) atoms. The first-order valence-electron chi connectivity index (χ1n) is 7.05. The van der Waals surface area contributed by atoms with Crippen LogP contribution in [0, 0.1) is 0 Å². The monoisotopic (exact) mass is 385 g/mol. The predicted molar refractivity (Wildman–Crippen MR) is 99.0 cm³/mol. The van der Waals surface area contributed by atoms with Gasteiger partial charge in [-0.3, -0.25) is 18.7 Å². The minimum absolute atomic E-state index is 0.0175. The molecule has 0 radical (unpaired) electrons. The molecule has 1 aromatic carbocycles. The number of carbonyl (C=O) groups excluding carboxylic acids is 1. The zero-order chi connectivity index (χ0) is 17.9. The largest absolute Gasteiger partial charge is 0.331 e. The summed E-state index contributed by atoms with van der Waals surface area (Å²) in [5, 5.41) is 3.18. The van der Waals surface area contributed by atoms with Gasteiger partial charge in [-0.15, -0.1) is 0 Å². The van der Waals surface area contributed by atoms with Gasteiger partial charge in [0.15, 0.2) is 0 Å². The number of hydrogen-bond donors (Lipinski definition) is 1. The van der Waals surface area contributed by atoms with E-state index in [-0.39, 0.29) is 10.9 Å². The second-order valence-corrected chi connectivity index (χ2v) is 7.49. The summed E-state index contributed by atoms with van der Waals surface area (Å²) in [5.74, 6) is -0.0494. The Labute approximate surface area is 151 Å². The number of aromatic nitrogens is 2. The highest BCUT2D eigenvalue weighted by Gasteiger charge is 2.14. The van der Waals surface area contributed by atoms with Crippen LogP contribution in [0.3, 0.4) is 0 Å². The molecule has 0 aliphatic rings. The van der Waals surface area contributed by atoms with Crippen molar-refractivity contribution in [1.29, 1.82) is 0 Å². The Morgan fingerprint density at radius 1 is 1.12 bits per heavy atom. The number of amides is 1. The van der Waals surface area contributed by atoms with Crippen molar-refractivity contribution in [3.63, 3.8) is 0 Å². The molecule has 0 saturated carbocycles. The molecule has 1 amide bonds. The van der Waals surface area contributed by atoms with Crippen LogP contribution >= 0.6 is 33.2 Å². The molecular weight excluding hydrogens is 370 g/mol. The Hall–Kier alpha value is -1.64. The van der Waals surface area contributed by atoms with E-state index in [9.17, 15) is 14.4 Å². The van der Waals surface area contributed by atoms with Crippen LogP contribution in [-0.2, 0) is 18.9 Å². The first-order chi connectivity index (χ1) is 11.3. The van der Waals surface area contributed by atoms with Crippen LogP contribution in [0.5, 0.6) is 0 Å². The summed E-state index contributed by atoms with van der Waals surface area (Å²) in [4.78, 5) is 36.1. The van der Waals surface area contributed by atoms with E-state index in [1.165, 1.54) is 33.2 Å². The highest BCUT2D eigenvalue weighted by Crippen LogP contribution is 2.39. The maximum atomic E-state index is 12.0. The van der Waals surface area contributed by atoms with Gasteiger partial charge >= 0.3 is 5.69 Å². The maximum Gasteiger partial charge on any atom is 0.331 e. The van der Waals surface area contributed by atoms with Crippen molar-refractivity contribution in [3.05, 3.63) is 50.1 Å². The quantitative estimate of drug-likeness (QED) is 0.632. The van der Waals surface area contributed by atoms with Gasteiger partial charge in [0.05, 0.1) is 0 Å². The molecule has 128 valence electrons. The van der Waals surface area contributed by atoms with Gasteiger partial charge in [0.2, 0.25) is 5.91 Å². The predicted octanol–water partition coefficient (Wildman–Crippen LogP) is 2.89. The van der Waals surface area contributed by atoms with E-state index < -0.39 is 11.2 Å². The number of nitrogens with one attached hydrogen (secondary N) is 1. The molecule has 2 aromatic rings. The van der Waals surface area contributed by atoms with Crippen LogP contribution in [0.25, 0.3) is 0 Å². The Balaban J connectivity index is 2.16. The molecule has 6 nitrogen and oxygen atoms in total. The number of anilines is 1. The molecule has 2 rings (SSSR count). The van der Waals surface area contributed by atoms with Crippen molar-refractivity contribution in [2.24, 2.45) is 14.1 Å². The lowest BCUT2D eigenvalue weighted by atomic mass is 10.3. The average molecular weight is 386 g/mol. The standard InChI is InChI=1S/C15H16ClN3O3S2/c1-4-11(20)17-9-5-7-10(8-6-9)23-24-14-12(16)13(21)18(2)15(22)19(14)3/h5-8H,4H2,1-3H3,(H,17,20). The molecule has 1 heterocycles. The van der Waals surface area contributed by atoms with Crippen molar-refractivity contribution in [2.75, 3.05) is 5.32 Å². The lowest BCUT2D eigenvalue weighted by Crippen LogP contribution is -2.37. The van der Waals surface area contributed by atoms with Gasteiger partial charge in [-0.2, -0.15) is 0 Å². The zero-order valence-corrected chi connectivity index (χ0v) is 15.7. The summed E-state index contributed by atoms with van der Waals surface area (Å²) in [5.41, 5.74) is -0.221. The summed E-state index contributed by atoms with van der Waals surface area (Å²) >= 11 is 6.07. The van der Waals surface area contributed by atoms with Gasteiger partial charge in [-0.05, 0) is 35.1 Å². The first-order valence-corrected chi connectivity index (χ1v) is 9.57. The van der Waals surface area contributed by atoms with Crippen LogP contribution in [0.4, 0.5) is 5.69 Å². The van der Waals surface area contributed by atoms with Crippen LogP contribution in [-0.4, -0.2) is 15.0 Å². The zero-order valence-electron chi connectivity index (χ0n) is 13.3. The third kappa shape index (κ3) is 4.06. The molecule has 0 atom stereocenters. The van der Waals surface area contributed by atoms with Gasteiger partial charge in [-0.1, -0.05) is 29.3 Å². The first kappa shape index (κ1) is 18.7.